The van der Waals surface area contributed by atoms with E-state index in [9.17, 15) is 14.7 Å². The largest absolute Gasteiger partial charge is 0.484 e. The highest BCUT2D eigenvalue weighted by Gasteiger charge is 2.35. The molecule has 1 heterocycles. The number of carboxylic acids is 1. The standard InChI is InChI=1S/C20H24N2O5/c1-3-20(4-2,19(24)25)14-22-17(23)13-26-15-8-10-16(11-9-15)27-18-7-5-6-12-21-18/h5-12H,3-4,13-14H2,1-2H3,(H,22,23)(H,24,25). The van der Waals surface area contributed by atoms with Gasteiger partial charge in [0.1, 0.15) is 11.5 Å². The fourth-order valence-electron chi connectivity index (χ4n) is 2.48. The van der Waals surface area contributed by atoms with E-state index in [1.54, 1.807) is 56.4 Å². The summed E-state index contributed by atoms with van der Waals surface area (Å²) in [5.41, 5.74) is -0.944. The highest BCUT2D eigenvalue weighted by molar-refractivity contribution is 5.80. The first kappa shape index (κ1) is 20.2. The minimum absolute atomic E-state index is 0.0778. The monoisotopic (exact) mass is 372 g/mol. The number of carbonyl (C=O) groups excluding carboxylic acids is 1. The van der Waals surface area contributed by atoms with Crippen molar-refractivity contribution in [2.24, 2.45) is 5.41 Å². The number of amides is 1. The zero-order chi connectivity index (χ0) is 19.7. The van der Waals surface area contributed by atoms with Crippen molar-refractivity contribution < 1.29 is 24.2 Å². The van der Waals surface area contributed by atoms with Crippen molar-refractivity contribution in [2.45, 2.75) is 26.7 Å². The maximum Gasteiger partial charge on any atom is 0.311 e. The number of pyridine rings is 1. The Morgan fingerprint density at radius 3 is 2.30 bits per heavy atom. The quantitative estimate of drug-likeness (QED) is 0.664. The van der Waals surface area contributed by atoms with E-state index in [0.717, 1.165) is 0 Å². The lowest BCUT2D eigenvalue weighted by Gasteiger charge is -2.26. The van der Waals surface area contributed by atoms with Gasteiger partial charge in [-0.25, -0.2) is 4.98 Å². The number of ether oxygens (including phenoxy) is 2. The molecule has 0 spiro atoms. The summed E-state index contributed by atoms with van der Waals surface area (Å²) in [5.74, 6) is 0.324. The number of aromatic nitrogens is 1. The molecule has 0 radical (unpaired) electrons. The first-order valence-corrected chi connectivity index (χ1v) is 8.81. The van der Waals surface area contributed by atoms with Crippen LogP contribution in [0.25, 0.3) is 0 Å². The van der Waals surface area contributed by atoms with Crippen molar-refractivity contribution in [1.82, 2.24) is 10.3 Å². The Kier molecular flexibility index (Phi) is 7.16. The van der Waals surface area contributed by atoms with Crippen LogP contribution in [0.5, 0.6) is 17.4 Å². The molecule has 144 valence electrons. The molecule has 0 aliphatic rings. The summed E-state index contributed by atoms with van der Waals surface area (Å²) in [4.78, 5) is 27.5. The molecule has 1 amide bonds. The number of nitrogens with one attached hydrogen (secondary N) is 1. The van der Waals surface area contributed by atoms with E-state index in [1.165, 1.54) is 0 Å². The second-order valence-electron chi connectivity index (χ2n) is 6.10. The number of hydrogen-bond acceptors (Lipinski definition) is 5. The predicted molar refractivity (Wildman–Crippen MR) is 99.9 cm³/mol. The Balaban J connectivity index is 1.82. The number of nitrogens with zero attached hydrogens (tertiary/aromatic N) is 1. The second kappa shape index (κ2) is 9.56. The fourth-order valence-corrected chi connectivity index (χ4v) is 2.48. The first-order valence-electron chi connectivity index (χ1n) is 8.81. The van der Waals surface area contributed by atoms with Gasteiger partial charge in [-0.1, -0.05) is 19.9 Å². The zero-order valence-corrected chi connectivity index (χ0v) is 15.5. The van der Waals surface area contributed by atoms with Gasteiger partial charge in [0.05, 0.1) is 5.41 Å². The molecule has 0 saturated heterocycles. The molecule has 0 aliphatic heterocycles. The topological polar surface area (TPSA) is 97.8 Å². The van der Waals surface area contributed by atoms with E-state index < -0.39 is 11.4 Å². The van der Waals surface area contributed by atoms with E-state index in [2.05, 4.69) is 10.3 Å². The molecule has 7 heteroatoms. The lowest BCUT2D eigenvalue weighted by molar-refractivity contribution is -0.149. The number of aliphatic carboxylic acids is 1. The summed E-state index contributed by atoms with van der Waals surface area (Å²) in [6.45, 7) is 3.49. The highest BCUT2D eigenvalue weighted by atomic mass is 16.5. The van der Waals surface area contributed by atoms with Crippen LogP contribution in [-0.2, 0) is 9.59 Å². The summed E-state index contributed by atoms with van der Waals surface area (Å²) < 4.78 is 11.0. The second-order valence-corrected chi connectivity index (χ2v) is 6.10. The number of rotatable bonds is 10. The van der Waals surface area contributed by atoms with Crippen LogP contribution in [-0.4, -0.2) is 35.1 Å². The maximum atomic E-state index is 12.0. The van der Waals surface area contributed by atoms with Gasteiger partial charge in [0.15, 0.2) is 6.61 Å². The molecule has 2 rings (SSSR count). The van der Waals surface area contributed by atoms with Crippen LogP contribution in [0.1, 0.15) is 26.7 Å². The molecule has 0 fully saturated rings. The van der Waals surface area contributed by atoms with Gasteiger partial charge in [0.25, 0.3) is 5.91 Å². The third-order valence-corrected chi connectivity index (χ3v) is 4.49. The summed E-state index contributed by atoms with van der Waals surface area (Å²) in [5, 5.41) is 12.0. The summed E-state index contributed by atoms with van der Waals surface area (Å²) >= 11 is 0. The molecule has 2 aromatic rings. The van der Waals surface area contributed by atoms with Crippen LogP contribution in [0.15, 0.2) is 48.7 Å². The van der Waals surface area contributed by atoms with Crippen molar-refractivity contribution in [3.63, 3.8) is 0 Å². The van der Waals surface area contributed by atoms with E-state index in [4.69, 9.17) is 9.47 Å². The van der Waals surface area contributed by atoms with E-state index in [-0.39, 0.29) is 19.1 Å². The first-order chi connectivity index (χ1) is 13.0. The van der Waals surface area contributed by atoms with E-state index in [1.807, 2.05) is 6.07 Å². The average Bonchev–Trinajstić information content (AvgIpc) is 2.69. The van der Waals surface area contributed by atoms with Gasteiger partial charge in [-0.2, -0.15) is 0 Å². The lowest BCUT2D eigenvalue weighted by atomic mass is 9.82. The number of hydrogen-bond donors (Lipinski definition) is 2. The Morgan fingerprint density at radius 2 is 1.74 bits per heavy atom. The Morgan fingerprint density at radius 1 is 1.07 bits per heavy atom. The SMILES string of the molecule is CCC(CC)(CNC(=O)COc1ccc(Oc2ccccn2)cc1)C(=O)O. The minimum atomic E-state index is -0.944. The molecule has 0 saturated carbocycles. The molecular formula is C20H24N2O5. The minimum Gasteiger partial charge on any atom is -0.484 e. The van der Waals surface area contributed by atoms with Gasteiger partial charge in [0, 0.05) is 18.8 Å². The van der Waals surface area contributed by atoms with Gasteiger partial charge in [-0.15, -0.1) is 0 Å². The van der Waals surface area contributed by atoms with Crippen molar-refractivity contribution in [3.8, 4) is 17.4 Å². The molecular weight excluding hydrogens is 348 g/mol. The van der Waals surface area contributed by atoms with Gasteiger partial charge < -0.3 is 19.9 Å². The summed E-state index contributed by atoms with van der Waals surface area (Å²) in [7, 11) is 0. The van der Waals surface area contributed by atoms with Crippen molar-refractivity contribution >= 4 is 11.9 Å². The molecule has 0 aliphatic carbocycles. The van der Waals surface area contributed by atoms with Gasteiger partial charge >= 0.3 is 5.97 Å². The smallest absolute Gasteiger partial charge is 0.311 e. The maximum absolute atomic E-state index is 12.0. The normalized spacial score (nSPS) is 10.9. The Hall–Kier alpha value is -3.09. The Bertz CT molecular complexity index is 743. The molecule has 0 bridgehead atoms. The van der Waals surface area contributed by atoms with Crippen LogP contribution in [0.3, 0.4) is 0 Å². The van der Waals surface area contributed by atoms with Crippen LogP contribution in [0.4, 0.5) is 0 Å². The predicted octanol–water partition coefficient (Wildman–Crippen LogP) is 3.26. The molecule has 0 unspecified atom stereocenters. The van der Waals surface area contributed by atoms with Gasteiger partial charge in [0.2, 0.25) is 5.88 Å². The zero-order valence-electron chi connectivity index (χ0n) is 15.5. The third kappa shape index (κ3) is 5.70. The number of carbonyl (C=O) groups is 2. The van der Waals surface area contributed by atoms with Crippen LogP contribution in [0, 0.1) is 5.41 Å². The van der Waals surface area contributed by atoms with Crippen LogP contribution in [0.2, 0.25) is 0 Å². The fraction of sp³-hybridized carbons (Fsp3) is 0.350. The number of benzene rings is 1. The van der Waals surface area contributed by atoms with Crippen molar-refractivity contribution in [3.05, 3.63) is 48.7 Å². The lowest BCUT2D eigenvalue weighted by Crippen LogP contribution is -2.43. The molecule has 27 heavy (non-hydrogen) atoms. The van der Waals surface area contributed by atoms with Crippen molar-refractivity contribution in [1.29, 1.82) is 0 Å². The molecule has 0 atom stereocenters. The summed E-state index contributed by atoms with van der Waals surface area (Å²) in [6, 6.07) is 12.2. The molecule has 1 aromatic carbocycles. The Labute approximate surface area is 158 Å². The molecule has 2 N–H and O–H groups in total. The average molecular weight is 372 g/mol. The number of carboxylic acid groups (broad SMARTS) is 1. The molecule has 1 aromatic heterocycles. The van der Waals surface area contributed by atoms with Gasteiger partial charge in [-0.3, -0.25) is 9.59 Å². The van der Waals surface area contributed by atoms with Gasteiger partial charge in [-0.05, 0) is 43.2 Å². The van der Waals surface area contributed by atoms with E-state index in [0.29, 0.717) is 30.2 Å². The van der Waals surface area contributed by atoms with E-state index >= 15 is 0 Å². The highest BCUT2D eigenvalue weighted by Crippen LogP contribution is 2.25. The summed E-state index contributed by atoms with van der Waals surface area (Å²) in [6.07, 6.45) is 2.52. The third-order valence-electron chi connectivity index (χ3n) is 4.49. The van der Waals surface area contributed by atoms with Crippen molar-refractivity contribution in [2.75, 3.05) is 13.2 Å². The van der Waals surface area contributed by atoms with Crippen LogP contribution < -0.4 is 14.8 Å². The molecule has 7 nitrogen and oxygen atoms in total. The van der Waals surface area contributed by atoms with Crippen LogP contribution >= 0.6 is 0 Å².